The summed E-state index contributed by atoms with van der Waals surface area (Å²) in [6, 6.07) is 7.13. The van der Waals surface area contributed by atoms with Gasteiger partial charge in [-0.15, -0.1) is 0 Å². The topological polar surface area (TPSA) is 51.2 Å². The minimum atomic E-state index is -0.174. The summed E-state index contributed by atoms with van der Waals surface area (Å²) in [5.74, 6) is 1.39. The molecule has 0 aromatic heterocycles. The van der Waals surface area contributed by atoms with Crippen LogP contribution in [0.2, 0.25) is 10.0 Å². The van der Waals surface area contributed by atoms with Crippen LogP contribution < -0.4 is 9.47 Å². The highest BCUT2D eigenvalue weighted by atomic mass is 35.5. The molecule has 0 amide bonds. The molecule has 0 aliphatic carbocycles. The van der Waals surface area contributed by atoms with E-state index in [1.165, 1.54) is 0 Å². The van der Waals surface area contributed by atoms with Gasteiger partial charge < -0.3 is 14.2 Å². The normalized spacial score (nSPS) is 20.1. The van der Waals surface area contributed by atoms with Crippen molar-refractivity contribution in [2.75, 3.05) is 46.1 Å². The molecule has 3 heterocycles. The molecule has 2 aromatic rings. The zero-order valence-electron chi connectivity index (χ0n) is 17.8. The van der Waals surface area contributed by atoms with Crippen LogP contribution in [-0.2, 0) is 11.3 Å². The molecule has 168 valence electrons. The minimum absolute atomic E-state index is 0.174. The first-order chi connectivity index (χ1) is 15.5. The van der Waals surface area contributed by atoms with E-state index in [0.29, 0.717) is 33.7 Å². The van der Waals surface area contributed by atoms with E-state index >= 15 is 0 Å². The number of halogens is 2. The molecule has 32 heavy (non-hydrogen) atoms. The van der Waals surface area contributed by atoms with Gasteiger partial charge in [0.15, 0.2) is 5.76 Å². The molecule has 3 aliphatic rings. The Bertz CT molecular complexity index is 1080. The summed E-state index contributed by atoms with van der Waals surface area (Å²) in [4.78, 5) is 17.8. The van der Waals surface area contributed by atoms with Gasteiger partial charge in [0.05, 0.1) is 18.8 Å². The van der Waals surface area contributed by atoms with E-state index in [1.807, 2.05) is 13.0 Å². The zero-order chi connectivity index (χ0) is 22.2. The molecular weight excluding hydrogens is 451 g/mol. The summed E-state index contributed by atoms with van der Waals surface area (Å²) in [6.07, 6.45) is 1.61. The molecule has 1 fully saturated rings. The van der Waals surface area contributed by atoms with Gasteiger partial charge in [-0.1, -0.05) is 29.3 Å². The Labute approximate surface area is 197 Å². The SMILES string of the molecule is Cc1c2c(cc3c1O/C(=C\c1c(Cl)cccc1Cl)C3=O)CN(CCN1CCOCC1)CO2. The third kappa shape index (κ3) is 4.14. The number of nitrogens with zero attached hydrogens (tertiary/aromatic N) is 2. The molecule has 3 aliphatic heterocycles. The fraction of sp³-hybridized carbons (Fsp3) is 0.375. The van der Waals surface area contributed by atoms with Crippen LogP contribution in [0.15, 0.2) is 30.0 Å². The third-order valence-electron chi connectivity index (χ3n) is 6.11. The Hall–Kier alpha value is -2.09. The number of allylic oxidation sites excluding steroid dienone is 1. The predicted octanol–water partition coefficient (Wildman–Crippen LogP) is 4.40. The third-order valence-corrected chi connectivity index (χ3v) is 6.77. The fourth-order valence-corrected chi connectivity index (χ4v) is 4.83. The van der Waals surface area contributed by atoms with Crippen molar-refractivity contribution in [1.29, 1.82) is 0 Å². The largest absolute Gasteiger partial charge is 0.477 e. The molecule has 0 spiro atoms. The van der Waals surface area contributed by atoms with Crippen molar-refractivity contribution in [3.8, 4) is 11.5 Å². The number of benzene rings is 2. The van der Waals surface area contributed by atoms with E-state index < -0.39 is 0 Å². The zero-order valence-corrected chi connectivity index (χ0v) is 19.3. The van der Waals surface area contributed by atoms with E-state index in [9.17, 15) is 4.79 Å². The highest BCUT2D eigenvalue weighted by molar-refractivity contribution is 6.37. The Balaban J connectivity index is 1.36. The Morgan fingerprint density at radius 3 is 2.53 bits per heavy atom. The summed E-state index contributed by atoms with van der Waals surface area (Å²) in [6.45, 7) is 8.57. The number of morpholine rings is 1. The minimum Gasteiger partial charge on any atom is -0.477 e. The number of hydrogen-bond acceptors (Lipinski definition) is 6. The summed E-state index contributed by atoms with van der Waals surface area (Å²) < 4.78 is 17.5. The van der Waals surface area contributed by atoms with E-state index in [1.54, 1.807) is 24.3 Å². The fourth-order valence-electron chi connectivity index (χ4n) is 4.33. The van der Waals surface area contributed by atoms with Crippen molar-refractivity contribution in [3.63, 3.8) is 0 Å². The maximum atomic E-state index is 13.1. The smallest absolute Gasteiger partial charge is 0.231 e. The molecule has 0 saturated carbocycles. The highest BCUT2D eigenvalue weighted by Crippen LogP contribution is 2.43. The Morgan fingerprint density at radius 1 is 1.06 bits per heavy atom. The maximum absolute atomic E-state index is 13.1. The maximum Gasteiger partial charge on any atom is 0.231 e. The van der Waals surface area contributed by atoms with Crippen molar-refractivity contribution in [1.82, 2.24) is 9.80 Å². The van der Waals surface area contributed by atoms with Gasteiger partial charge in [-0.25, -0.2) is 0 Å². The number of Topliss-reactive ketones (excluding diaryl/α,β-unsaturated/α-hetero) is 1. The average Bonchev–Trinajstić information content (AvgIpc) is 3.11. The van der Waals surface area contributed by atoms with Crippen molar-refractivity contribution in [3.05, 3.63) is 62.3 Å². The molecule has 0 atom stereocenters. The van der Waals surface area contributed by atoms with Crippen LogP contribution in [0.3, 0.4) is 0 Å². The summed E-state index contributed by atoms with van der Waals surface area (Å²) in [5, 5.41) is 0.931. The van der Waals surface area contributed by atoms with E-state index in [2.05, 4.69) is 9.80 Å². The Kier molecular flexibility index (Phi) is 6.14. The lowest BCUT2D eigenvalue weighted by molar-refractivity contribution is 0.0239. The van der Waals surface area contributed by atoms with Crippen LogP contribution in [0.5, 0.6) is 11.5 Å². The monoisotopic (exact) mass is 474 g/mol. The van der Waals surface area contributed by atoms with E-state index in [4.69, 9.17) is 37.4 Å². The number of fused-ring (bicyclic) bond motifs is 2. The van der Waals surface area contributed by atoms with Gasteiger partial charge in [0, 0.05) is 59.5 Å². The lowest BCUT2D eigenvalue weighted by Crippen LogP contribution is -2.43. The molecule has 0 N–H and O–H groups in total. The number of rotatable bonds is 4. The molecule has 0 unspecified atom stereocenters. The Morgan fingerprint density at radius 2 is 1.78 bits per heavy atom. The van der Waals surface area contributed by atoms with Crippen LogP contribution in [0.1, 0.15) is 27.0 Å². The second-order valence-corrected chi connectivity index (χ2v) is 9.04. The molecule has 1 saturated heterocycles. The van der Waals surface area contributed by atoms with Gasteiger partial charge in [-0.3, -0.25) is 14.6 Å². The van der Waals surface area contributed by atoms with Crippen molar-refractivity contribution >= 4 is 35.1 Å². The van der Waals surface area contributed by atoms with Crippen LogP contribution in [0, 0.1) is 6.92 Å². The molecule has 0 radical (unpaired) electrons. The molecule has 2 aromatic carbocycles. The number of hydrogen-bond donors (Lipinski definition) is 0. The van der Waals surface area contributed by atoms with Crippen LogP contribution in [-0.4, -0.2) is 61.7 Å². The molecule has 5 rings (SSSR count). The van der Waals surface area contributed by atoms with Gasteiger partial charge in [0.2, 0.25) is 5.78 Å². The molecule has 8 heteroatoms. The van der Waals surface area contributed by atoms with Gasteiger partial charge >= 0.3 is 0 Å². The van der Waals surface area contributed by atoms with E-state index in [-0.39, 0.29) is 11.5 Å². The number of ether oxygens (including phenoxy) is 3. The number of carbonyl (C=O) groups excluding carboxylic acids is 1. The average molecular weight is 475 g/mol. The summed E-state index contributed by atoms with van der Waals surface area (Å²) in [7, 11) is 0. The summed E-state index contributed by atoms with van der Waals surface area (Å²) >= 11 is 12.5. The van der Waals surface area contributed by atoms with Crippen molar-refractivity contribution in [2.45, 2.75) is 13.5 Å². The van der Waals surface area contributed by atoms with E-state index in [0.717, 1.165) is 62.8 Å². The lowest BCUT2D eigenvalue weighted by Gasteiger charge is -2.33. The number of ketones is 1. The second kappa shape index (κ2) is 9.04. The van der Waals surface area contributed by atoms with Gasteiger partial charge in [-0.05, 0) is 31.2 Å². The number of carbonyl (C=O) groups is 1. The predicted molar refractivity (Wildman–Crippen MR) is 124 cm³/mol. The first kappa shape index (κ1) is 21.7. The molecule has 6 nitrogen and oxygen atoms in total. The van der Waals surface area contributed by atoms with Crippen molar-refractivity contribution in [2.24, 2.45) is 0 Å². The van der Waals surface area contributed by atoms with Gasteiger partial charge in [0.25, 0.3) is 0 Å². The van der Waals surface area contributed by atoms with Crippen molar-refractivity contribution < 1.29 is 19.0 Å². The second-order valence-electron chi connectivity index (χ2n) is 8.22. The van der Waals surface area contributed by atoms with Gasteiger partial charge in [-0.2, -0.15) is 0 Å². The van der Waals surface area contributed by atoms with Gasteiger partial charge in [0.1, 0.15) is 18.2 Å². The van der Waals surface area contributed by atoms with Crippen LogP contribution in [0.4, 0.5) is 0 Å². The lowest BCUT2D eigenvalue weighted by atomic mass is 10.00. The first-order valence-corrected chi connectivity index (χ1v) is 11.5. The molecular formula is C24H24Cl2N2O4. The quantitative estimate of drug-likeness (QED) is 0.612. The first-order valence-electron chi connectivity index (χ1n) is 10.7. The standard InChI is InChI=1S/C24H24Cl2N2O4/c1-15-23-16(13-28(14-31-23)6-5-27-7-9-30-10-8-27)11-18-22(29)21(32-24(15)18)12-17-19(25)3-2-4-20(17)26/h2-4,11-12H,5-10,13-14H2,1H3/b21-12-. The summed E-state index contributed by atoms with van der Waals surface area (Å²) in [5.41, 5.74) is 2.96. The van der Waals surface area contributed by atoms with Crippen LogP contribution in [0.25, 0.3) is 6.08 Å². The molecule has 0 bridgehead atoms. The highest BCUT2D eigenvalue weighted by Gasteiger charge is 2.34. The van der Waals surface area contributed by atoms with Crippen LogP contribution >= 0.6 is 23.2 Å².